The largest absolute Gasteiger partial charge is 0.486 e. The molecule has 0 saturated heterocycles. The standard InChI is InChI=1S/C16H21N3O/c1-3-8-17-10-14-6-7-15(11-19-14)20-12-16-13(2)5-4-9-18-16/h4-7,9,11,17H,3,8,10,12H2,1-2H3. The van der Waals surface area contributed by atoms with Gasteiger partial charge in [0.25, 0.3) is 0 Å². The molecule has 2 aromatic rings. The predicted molar refractivity (Wildman–Crippen MR) is 79.5 cm³/mol. The van der Waals surface area contributed by atoms with Crippen molar-refractivity contribution < 1.29 is 4.74 Å². The Hall–Kier alpha value is -1.94. The lowest BCUT2D eigenvalue weighted by Gasteiger charge is -2.08. The normalized spacial score (nSPS) is 10.5. The van der Waals surface area contributed by atoms with Gasteiger partial charge in [0.2, 0.25) is 0 Å². The van der Waals surface area contributed by atoms with Crippen molar-refractivity contribution in [2.24, 2.45) is 0 Å². The van der Waals surface area contributed by atoms with Crippen LogP contribution < -0.4 is 10.1 Å². The van der Waals surface area contributed by atoms with E-state index < -0.39 is 0 Å². The van der Waals surface area contributed by atoms with E-state index in [0.717, 1.165) is 42.2 Å². The summed E-state index contributed by atoms with van der Waals surface area (Å²) in [5, 5.41) is 3.32. The van der Waals surface area contributed by atoms with Crippen LogP contribution in [0.1, 0.15) is 30.3 Å². The van der Waals surface area contributed by atoms with E-state index in [4.69, 9.17) is 4.74 Å². The molecular weight excluding hydrogens is 250 g/mol. The average Bonchev–Trinajstić information content (AvgIpc) is 2.48. The second-order valence-electron chi connectivity index (χ2n) is 4.72. The Morgan fingerprint density at radius 3 is 2.80 bits per heavy atom. The highest BCUT2D eigenvalue weighted by Crippen LogP contribution is 2.12. The van der Waals surface area contributed by atoms with E-state index in [1.807, 2.05) is 31.2 Å². The van der Waals surface area contributed by atoms with Crippen LogP contribution in [0.4, 0.5) is 0 Å². The number of nitrogens with zero attached hydrogens (tertiary/aromatic N) is 2. The minimum atomic E-state index is 0.474. The van der Waals surface area contributed by atoms with Gasteiger partial charge in [-0.3, -0.25) is 9.97 Å². The lowest BCUT2D eigenvalue weighted by Crippen LogP contribution is -2.14. The monoisotopic (exact) mass is 271 g/mol. The maximum absolute atomic E-state index is 5.71. The van der Waals surface area contributed by atoms with Crippen molar-refractivity contribution in [2.75, 3.05) is 6.54 Å². The highest BCUT2D eigenvalue weighted by Gasteiger charge is 2.01. The Labute approximate surface area is 120 Å². The molecule has 2 aromatic heterocycles. The highest BCUT2D eigenvalue weighted by atomic mass is 16.5. The molecule has 0 unspecified atom stereocenters. The van der Waals surface area contributed by atoms with Crippen LogP contribution in [-0.2, 0) is 13.2 Å². The molecule has 2 heterocycles. The van der Waals surface area contributed by atoms with Crippen molar-refractivity contribution in [1.82, 2.24) is 15.3 Å². The summed E-state index contributed by atoms with van der Waals surface area (Å²) in [5.74, 6) is 0.772. The van der Waals surface area contributed by atoms with E-state index in [0.29, 0.717) is 6.61 Å². The number of rotatable bonds is 7. The summed E-state index contributed by atoms with van der Waals surface area (Å²) in [5.41, 5.74) is 3.13. The first-order valence-electron chi connectivity index (χ1n) is 6.98. The summed E-state index contributed by atoms with van der Waals surface area (Å²) < 4.78 is 5.71. The van der Waals surface area contributed by atoms with Crippen molar-refractivity contribution in [3.8, 4) is 5.75 Å². The van der Waals surface area contributed by atoms with Gasteiger partial charge in [0.05, 0.1) is 17.6 Å². The van der Waals surface area contributed by atoms with E-state index >= 15 is 0 Å². The Bertz CT molecular complexity index is 526. The number of ether oxygens (including phenoxy) is 1. The number of nitrogens with one attached hydrogen (secondary N) is 1. The van der Waals surface area contributed by atoms with Gasteiger partial charge in [0, 0.05) is 12.7 Å². The quantitative estimate of drug-likeness (QED) is 0.787. The van der Waals surface area contributed by atoms with E-state index in [1.165, 1.54) is 0 Å². The Morgan fingerprint density at radius 2 is 2.10 bits per heavy atom. The van der Waals surface area contributed by atoms with Gasteiger partial charge in [0.1, 0.15) is 12.4 Å². The molecular formula is C16H21N3O. The molecule has 0 saturated carbocycles. The van der Waals surface area contributed by atoms with Crippen molar-refractivity contribution in [3.05, 3.63) is 53.6 Å². The summed E-state index contributed by atoms with van der Waals surface area (Å²) in [4.78, 5) is 8.68. The summed E-state index contributed by atoms with van der Waals surface area (Å²) in [6.45, 7) is 6.47. The summed E-state index contributed by atoms with van der Waals surface area (Å²) in [6, 6.07) is 7.91. The van der Waals surface area contributed by atoms with Crippen LogP contribution in [-0.4, -0.2) is 16.5 Å². The number of hydrogen-bond donors (Lipinski definition) is 1. The third-order valence-electron chi connectivity index (χ3n) is 3.02. The first kappa shape index (κ1) is 14.5. The molecule has 0 amide bonds. The van der Waals surface area contributed by atoms with Crippen LogP contribution in [0.3, 0.4) is 0 Å². The molecule has 0 atom stereocenters. The van der Waals surface area contributed by atoms with E-state index in [2.05, 4.69) is 22.2 Å². The number of hydrogen-bond acceptors (Lipinski definition) is 4. The zero-order chi connectivity index (χ0) is 14.2. The maximum atomic E-state index is 5.71. The number of pyridine rings is 2. The van der Waals surface area contributed by atoms with Crippen LogP contribution in [0.5, 0.6) is 5.75 Å². The minimum Gasteiger partial charge on any atom is -0.486 e. The SMILES string of the molecule is CCCNCc1ccc(OCc2ncccc2C)cn1. The molecule has 0 aliphatic carbocycles. The smallest absolute Gasteiger partial charge is 0.138 e. The molecule has 20 heavy (non-hydrogen) atoms. The molecule has 0 aromatic carbocycles. The minimum absolute atomic E-state index is 0.474. The van der Waals surface area contributed by atoms with Gasteiger partial charge >= 0.3 is 0 Å². The Morgan fingerprint density at radius 1 is 1.20 bits per heavy atom. The summed E-state index contributed by atoms with van der Waals surface area (Å²) in [7, 11) is 0. The van der Waals surface area contributed by atoms with E-state index in [-0.39, 0.29) is 0 Å². The van der Waals surface area contributed by atoms with E-state index in [1.54, 1.807) is 12.4 Å². The van der Waals surface area contributed by atoms with Crippen molar-refractivity contribution in [3.63, 3.8) is 0 Å². The highest BCUT2D eigenvalue weighted by molar-refractivity contribution is 5.22. The molecule has 4 heteroatoms. The fraction of sp³-hybridized carbons (Fsp3) is 0.375. The van der Waals surface area contributed by atoms with Crippen molar-refractivity contribution in [2.45, 2.75) is 33.4 Å². The van der Waals surface area contributed by atoms with Crippen LogP contribution in [0.2, 0.25) is 0 Å². The first-order chi connectivity index (χ1) is 9.79. The van der Waals surface area contributed by atoms with Gasteiger partial charge in [0.15, 0.2) is 0 Å². The second-order valence-corrected chi connectivity index (χ2v) is 4.72. The lowest BCUT2D eigenvalue weighted by molar-refractivity contribution is 0.299. The third-order valence-corrected chi connectivity index (χ3v) is 3.02. The third kappa shape index (κ3) is 4.31. The lowest BCUT2D eigenvalue weighted by atomic mass is 10.2. The second kappa shape index (κ2) is 7.60. The fourth-order valence-corrected chi connectivity index (χ4v) is 1.82. The number of aromatic nitrogens is 2. The van der Waals surface area contributed by atoms with Crippen LogP contribution in [0, 0.1) is 6.92 Å². The van der Waals surface area contributed by atoms with Crippen LogP contribution >= 0.6 is 0 Å². The molecule has 2 rings (SSSR count). The van der Waals surface area contributed by atoms with Gasteiger partial charge in [-0.1, -0.05) is 13.0 Å². The molecule has 0 aliphatic rings. The first-order valence-corrected chi connectivity index (χ1v) is 6.98. The molecule has 0 bridgehead atoms. The van der Waals surface area contributed by atoms with Crippen LogP contribution in [0.25, 0.3) is 0 Å². The maximum Gasteiger partial charge on any atom is 0.138 e. The Balaban J connectivity index is 1.86. The summed E-state index contributed by atoms with van der Waals surface area (Å²) in [6.07, 6.45) is 4.68. The molecule has 106 valence electrons. The average molecular weight is 271 g/mol. The van der Waals surface area contributed by atoms with Gasteiger partial charge in [-0.25, -0.2) is 0 Å². The molecule has 0 radical (unpaired) electrons. The van der Waals surface area contributed by atoms with Gasteiger partial charge in [-0.2, -0.15) is 0 Å². The fourth-order valence-electron chi connectivity index (χ4n) is 1.82. The molecule has 1 N–H and O–H groups in total. The van der Waals surface area contributed by atoms with Crippen molar-refractivity contribution in [1.29, 1.82) is 0 Å². The Kier molecular flexibility index (Phi) is 5.50. The number of aryl methyl sites for hydroxylation is 1. The summed E-state index contributed by atoms with van der Waals surface area (Å²) >= 11 is 0. The van der Waals surface area contributed by atoms with Gasteiger partial charge in [-0.05, 0) is 43.7 Å². The van der Waals surface area contributed by atoms with Gasteiger partial charge in [-0.15, -0.1) is 0 Å². The van der Waals surface area contributed by atoms with Crippen LogP contribution in [0.15, 0.2) is 36.7 Å². The molecule has 0 aliphatic heterocycles. The van der Waals surface area contributed by atoms with E-state index in [9.17, 15) is 0 Å². The molecule has 4 nitrogen and oxygen atoms in total. The predicted octanol–water partition coefficient (Wildman–Crippen LogP) is 2.86. The van der Waals surface area contributed by atoms with Crippen molar-refractivity contribution >= 4 is 0 Å². The molecule has 0 fully saturated rings. The molecule has 0 spiro atoms. The zero-order valence-electron chi connectivity index (χ0n) is 12.1. The zero-order valence-corrected chi connectivity index (χ0v) is 12.1. The topological polar surface area (TPSA) is 47.0 Å². The van der Waals surface area contributed by atoms with Gasteiger partial charge < -0.3 is 10.1 Å².